The van der Waals surface area contributed by atoms with Crippen molar-refractivity contribution in [2.45, 2.75) is 179 Å². The lowest BCUT2D eigenvalue weighted by atomic mass is 9.77. The Bertz CT molecular complexity index is 1190. The summed E-state index contributed by atoms with van der Waals surface area (Å²) in [7, 11) is 7.04. The zero-order valence-corrected chi connectivity index (χ0v) is 34.1. The molecule has 4 N–H and O–H groups in total. The summed E-state index contributed by atoms with van der Waals surface area (Å²) in [6.45, 7) is 17.6. The van der Waals surface area contributed by atoms with Crippen molar-refractivity contribution in [2.75, 3.05) is 34.8 Å². The zero-order valence-electron chi connectivity index (χ0n) is 34.1. The number of aliphatic hydroxyl groups excluding tert-OH is 2. The van der Waals surface area contributed by atoms with Crippen molar-refractivity contribution < 1.29 is 58.4 Å². The highest BCUT2D eigenvalue weighted by Crippen LogP contribution is 2.40. The molecule has 0 aromatic rings. The molecule has 3 aliphatic rings. The quantitative estimate of drug-likeness (QED) is 0.279. The lowest BCUT2D eigenvalue weighted by Gasteiger charge is -2.48. The van der Waals surface area contributed by atoms with E-state index in [1.54, 1.807) is 55.5 Å². The molecule has 0 aliphatic carbocycles. The van der Waals surface area contributed by atoms with Gasteiger partial charge in [0, 0.05) is 32.0 Å². The molecule has 0 spiro atoms. The number of carbonyl (C=O) groups excluding carboxylic acids is 2. The number of likely N-dealkylation sites (N-methyl/N-ethyl adjacent to an activating group) is 2. The van der Waals surface area contributed by atoms with Gasteiger partial charge in [0.15, 0.2) is 24.0 Å². The van der Waals surface area contributed by atoms with Crippen molar-refractivity contribution in [3.8, 4) is 0 Å². The maximum absolute atomic E-state index is 14.2. The molecule has 0 unspecified atom stereocenters. The van der Waals surface area contributed by atoms with Crippen LogP contribution in [0.1, 0.15) is 94.9 Å². The molecule has 304 valence electrons. The van der Waals surface area contributed by atoms with Crippen LogP contribution in [0.25, 0.3) is 0 Å². The Morgan fingerprint density at radius 1 is 0.962 bits per heavy atom. The van der Waals surface area contributed by atoms with E-state index in [2.05, 4.69) is 0 Å². The van der Waals surface area contributed by atoms with Crippen LogP contribution >= 0.6 is 0 Å². The molecule has 0 aromatic heterocycles. The highest BCUT2D eigenvalue weighted by molar-refractivity contribution is 5.92. The van der Waals surface area contributed by atoms with Gasteiger partial charge in [0.25, 0.3) is 0 Å². The Balaban J connectivity index is 2.18. The second-order valence-corrected chi connectivity index (χ2v) is 16.9. The van der Waals surface area contributed by atoms with E-state index in [4.69, 9.17) is 28.4 Å². The number of hydrogen-bond donors (Lipinski definition) is 4. The van der Waals surface area contributed by atoms with Gasteiger partial charge >= 0.3 is 5.97 Å². The second kappa shape index (κ2) is 17.7. The predicted octanol–water partition coefficient (Wildman–Crippen LogP) is 2.11. The SMILES string of the molecule is CC[C@H]1OC(=O)[C@H](C)[C@@H](O[C@H]2C[C@@](C)(OC)[C@@H](O)[C@H](C)O2)[C@H](C)[C@@H](O[C@@H]2O[C@H](C)C[C@H](N(C)C)[C@H]2O)[C@](C)(O)C[C@@H](C)CN(C)[C@H](C)C(=O)[C@]1(C)O. The summed E-state index contributed by atoms with van der Waals surface area (Å²) in [5.74, 6) is -3.21. The third kappa shape index (κ3) is 9.92. The van der Waals surface area contributed by atoms with E-state index < -0.39 is 95.6 Å². The van der Waals surface area contributed by atoms with Crippen LogP contribution in [0, 0.1) is 17.8 Å². The fourth-order valence-corrected chi connectivity index (χ4v) is 8.57. The number of aliphatic hydroxyl groups is 4. The number of Topliss-reactive ketones (excluding diaryl/α,β-unsaturated/α-hetero) is 1. The molecule has 17 atom stereocenters. The number of nitrogens with zero attached hydrogens (tertiary/aromatic N) is 2. The van der Waals surface area contributed by atoms with Gasteiger partial charge < -0.3 is 53.7 Å². The van der Waals surface area contributed by atoms with Gasteiger partial charge in [-0.3, -0.25) is 14.5 Å². The molecule has 0 saturated carbocycles. The lowest BCUT2D eigenvalue weighted by molar-refractivity contribution is -0.318. The minimum atomic E-state index is -1.99. The number of carbonyl (C=O) groups is 2. The van der Waals surface area contributed by atoms with Gasteiger partial charge in [-0.1, -0.05) is 20.8 Å². The van der Waals surface area contributed by atoms with E-state index in [-0.39, 0.29) is 37.3 Å². The zero-order chi connectivity index (χ0) is 39.7. The van der Waals surface area contributed by atoms with Crippen LogP contribution < -0.4 is 0 Å². The maximum atomic E-state index is 14.2. The summed E-state index contributed by atoms with van der Waals surface area (Å²) in [5, 5.41) is 46.5. The third-order valence-corrected chi connectivity index (χ3v) is 12.0. The van der Waals surface area contributed by atoms with Gasteiger partial charge in [-0.15, -0.1) is 0 Å². The van der Waals surface area contributed by atoms with Crippen LogP contribution in [0.15, 0.2) is 0 Å². The van der Waals surface area contributed by atoms with E-state index in [1.165, 1.54) is 14.0 Å². The van der Waals surface area contributed by atoms with Gasteiger partial charge in [-0.05, 0) is 94.8 Å². The van der Waals surface area contributed by atoms with Crippen LogP contribution in [0.5, 0.6) is 0 Å². The van der Waals surface area contributed by atoms with Crippen molar-refractivity contribution in [2.24, 2.45) is 17.8 Å². The number of ketones is 1. The fraction of sp³-hybridized carbons (Fsp3) is 0.947. The monoisotopic (exact) mass is 746 g/mol. The Labute approximate surface area is 311 Å². The average molecular weight is 747 g/mol. The Morgan fingerprint density at radius 3 is 2.13 bits per heavy atom. The first-order valence-electron chi connectivity index (χ1n) is 19.0. The molecule has 3 fully saturated rings. The van der Waals surface area contributed by atoms with Gasteiger partial charge in [0.1, 0.15) is 18.3 Å². The summed E-state index contributed by atoms with van der Waals surface area (Å²) in [4.78, 5) is 31.7. The minimum absolute atomic E-state index is 0.121. The van der Waals surface area contributed by atoms with Gasteiger partial charge in [0.2, 0.25) is 0 Å². The predicted molar refractivity (Wildman–Crippen MR) is 193 cm³/mol. The number of cyclic esters (lactones) is 1. The highest BCUT2D eigenvalue weighted by Gasteiger charge is 2.52. The van der Waals surface area contributed by atoms with E-state index in [0.717, 1.165) is 0 Å². The van der Waals surface area contributed by atoms with Crippen LogP contribution in [0.2, 0.25) is 0 Å². The molecule has 14 heteroatoms. The summed E-state index contributed by atoms with van der Waals surface area (Å²) >= 11 is 0. The number of rotatable bonds is 7. The van der Waals surface area contributed by atoms with Gasteiger partial charge in [-0.25, -0.2) is 0 Å². The summed E-state index contributed by atoms with van der Waals surface area (Å²) < 4.78 is 37.4. The Hall–Kier alpha value is -1.30. The molecular formula is C38H70N2O12. The van der Waals surface area contributed by atoms with Crippen molar-refractivity contribution in [3.05, 3.63) is 0 Å². The van der Waals surface area contributed by atoms with E-state index in [9.17, 15) is 30.0 Å². The Kier molecular flexibility index (Phi) is 15.3. The first-order chi connectivity index (χ1) is 23.9. The first kappa shape index (κ1) is 45.1. The third-order valence-electron chi connectivity index (χ3n) is 12.0. The van der Waals surface area contributed by atoms with Crippen LogP contribution in [-0.4, -0.2) is 161 Å². The van der Waals surface area contributed by atoms with E-state index >= 15 is 0 Å². The number of methoxy groups -OCH3 is 1. The molecule has 3 saturated heterocycles. The first-order valence-corrected chi connectivity index (χ1v) is 19.0. The summed E-state index contributed by atoms with van der Waals surface area (Å²) in [6.07, 6.45) is -7.22. The van der Waals surface area contributed by atoms with Crippen LogP contribution in [0.3, 0.4) is 0 Å². The number of ether oxygens (including phenoxy) is 6. The van der Waals surface area contributed by atoms with Crippen molar-refractivity contribution in [3.63, 3.8) is 0 Å². The molecule has 3 rings (SSSR count). The molecule has 3 aliphatic heterocycles. The minimum Gasteiger partial charge on any atom is -0.459 e. The van der Waals surface area contributed by atoms with Gasteiger partial charge in [0.05, 0.1) is 47.6 Å². The Morgan fingerprint density at radius 2 is 1.58 bits per heavy atom. The van der Waals surface area contributed by atoms with Crippen LogP contribution in [0.4, 0.5) is 0 Å². The van der Waals surface area contributed by atoms with Crippen molar-refractivity contribution >= 4 is 11.8 Å². The van der Waals surface area contributed by atoms with Gasteiger partial charge in [-0.2, -0.15) is 0 Å². The molecule has 0 bridgehead atoms. The molecular weight excluding hydrogens is 676 g/mol. The molecule has 52 heavy (non-hydrogen) atoms. The molecule has 14 nitrogen and oxygen atoms in total. The van der Waals surface area contributed by atoms with Crippen molar-refractivity contribution in [1.29, 1.82) is 0 Å². The normalized spacial score (nSPS) is 48.2. The summed E-state index contributed by atoms with van der Waals surface area (Å²) in [6, 6.07) is -1.01. The van der Waals surface area contributed by atoms with E-state index in [0.29, 0.717) is 13.0 Å². The smallest absolute Gasteiger partial charge is 0.311 e. The average Bonchev–Trinajstić information content (AvgIpc) is 3.05. The lowest BCUT2D eigenvalue weighted by Crippen LogP contribution is -2.60. The maximum Gasteiger partial charge on any atom is 0.311 e. The topological polar surface area (TPSA) is 177 Å². The summed E-state index contributed by atoms with van der Waals surface area (Å²) in [5.41, 5.74) is -4.60. The second-order valence-electron chi connectivity index (χ2n) is 16.9. The molecule has 0 aromatic carbocycles. The fourth-order valence-electron chi connectivity index (χ4n) is 8.57. The molecule has 3 heterocycles. The van der Waals surface area contributed by atoms with Crippen LogP contribution in [-0.2, 0) is 38.0 Å². The molecule has 0 amide bonds. The standard InChI is InChI=1S/C38H70N2O12/c1-15-27-38(10,46)31(42)24(6)40(13)19-20(2)17-36(8,45)33(52-35-29(41)26(39(11)12)16-21(3)48-35)22(4)30(23(5)34(44)50-27)51-28-18-37(9,47-14)32(43)25(7)49-28/h20-30,32-33,35,41,43,45-46H,15-19H2,1-14H3/t20-,21-,22+,23-,24-,25+,26+,27-,28+,29-,30+,32+,33-,35+,36-,37-,38-/m1/s1. The highest BCUT2D eigenvalue weighted by atomic mass is 16.7. The van der Waals surface area contributed by atoms with Crippen molar-refractivity contribution in [1.82, 2.24) is 9.80 Å². The number of esters is 1. The number of hydrogen-bond acceptors (Lipinski definition) is 14. The van der Waals surface area contributed by atoms with E-state index in [1.807, 2.05) is 37.7 Å². The molecule has 0 radical (unpaired) electrons. The largest absolute Gasteiger partial charge is 0.459 e.